The van der Waals surface area contributed by atoms with Crippen LogP contribution in [0.25, 0.3) is 5.69 Å². The number of anilines is 1. The Balaban J connectivity index is 2.33. The van der Waals surface area contributed by atoms with Crippen molar-refractivity contribution >= 4 is 11.6 Å². The molecule has 19 heavy (non-hydrogen) atoms. The van der Waals surface area contributed by atoms with Crippen LogP contribution in [0.3, 0.4) is 0 Å². The van der Waals surface area contributed by atoms with E-state index in [1.807, 2.05) is 48.9 Å². The third-order valence-electron chi connectivity index (χ3n) is 2.89. The summed E-state index contributed by atoms with van der Waals surface area (Å²) in [5, 5.41) is 10.2. The summed E-state index contributed by atoms with van der Waals surface area (Å²) in [7, 11) is 1.74. The van der Waals surface area contributed by atoms with E-state index in [1.54, 1.807) is 7.05 Å². The van der Waals surface area contributed by atoms with Crippen LogP contribution in [0.15, 0.2) is 30.3 Å². The lowest BCUT2D eigenvalue weighted by molar-refractivity contribution is -0.115. The minimum Gasteiger partial charge on any atom is -0.322 e. The van der Waals surface area contributed by atoms with Crippen LogP contribution in [0.1, 0.15) is 11.4 Å². The Bertz CT molecular complexity index is 575. The minimum atomic E-state index is -0.0682. The first-order valence-corrected chi connectivity index (χ1v) is 6.19. The van der Waals surface area contributed by atoms with Gasteiger partial charge in [-0.25, -0.2) is 4.68 Å². The molecule has 100 valence electrons. The Morgan fingerprint density at radius 2 is 1.95 bits per heavy atom. The summed E-state index contributed by atoms with van der Waals surface area (Å²) in [6.07, 6.45) is 0. The van der Waals surface area contributed by atoms with Crippen LogP contribution in [0.4, 0.5) is 5.69 Å². The molecule has 0 atom stereocenters. The van der Waals surface area contributed by atoms with Crippen LogP contribution in [0.5, 0.6) is 0 Å². The SMILES string of the molecule is CNCC(=O)Nc1c(C)nn(-c2ccccc2)c1C. The Hall–Kier alpha value is -2.14. The predicted molar refractivity (Wildman–Crippen MR) is 75.6 cm³/mol. The molecule has 5 nitrogen and oxygen atoms in total. The monoisotopic (exact) mass is 258 g/mol. The molecule has 0 saturated carbocycles. The molecule has 0 aliphatic heterocycles. The summed E-state index contributed by atoms with van der Waals surface area (Å²) in [4.78, 5) is 11.7. The Labute approximate surface area is 112 Å². The number of aryl methyl sites for hydroxylation is 1. The normalized spacial score (nSPS) is 10.5. The summed E-state index contributed by atoms with van der Waals surface area (Å²) in [6, 6.07) is 9.86. The number of rotatable bonds is 4. The second-order valence-electron chi connectivity index (χ2n) is 4.37. The number of likely N-dealkylation sites (N-methyl/N-ethyl adjacent to an activating group) is 1. The van der Waals surface area contributed by atoms with E-state index in [-0.39, 0.29) is 12.5 Å². The maximum atomic E-state index is 11.7. The average molecular weight is 258 g/mol. The topological polar surface area (TPSA) is 59.0 Å². The number of nitrogens with one attached hydrogen (secondary N) is 2. The molecule has 1 aromatic carbocycles. The predicted octanol–water partition coefficient (Wildman–Crippen LogP) is 1.65. The highest BCUT2D eigenvalue weighted by Gasteiger charge is 2.14. The molecule has 1 amide bonds. The fourth-order valence-corrected chi connectivity index (χ4v) is 1.99. The highest BCUT2D eigenvalue weighted by molar-refractivity contribution is 5.93. The molecule has 0 aliphatic rings. The van der Waals surface area contributed by atoms with Crippen LogP contribution in [0, 0.1) is 13.8 Å². The molecule has 2 aromatic rings. The first kappa shape index (κ1) is 13.3. The van der Waals surface area contributed by atoms with E-state index in [0.717, 1.165) is 22.8 Å². The second kappa shape index (κ2) is 5.67. The Kier molecular flexibility index (Phi) is 3.97. The number of benzene rings is 1. The largest absolute Gasteiger partial charge is 0.322 e. The van der Waals surface area contributed by atoms with Gasteiger partial charge in [0, 0.05) is 0 Å². The van der Waals surface area contributed by atoms with Crippen LogP contribution < -0.4 is 10.6 Å². The van der Waals surface area contributed by atoms with Gasteiger partial charge in [0.15, 0.2) is 0 Å². The second-order valence-corrected chi connectivity index (χ2v) is 4.37. The molecule has 0 saturated heterocycles. The molecule has 0 aliphatic carbocycles. The van der Waals surface area contributed by atoms with Gasteiger partial charge in [-0.2, -0.15) is 5.10 Å². The molecular weight excluding hydrogens is 240 g/mol. The Morgan fingerprint density at radius 3 is 2.58 bits per heavy atom. The highest BCUT2D eigenvalue weighted by atomic mass is 16.1. The zero-order chi connectivity index (χ0) is 13.8. The van der Waals surface area contributed by atoms with Crippen molar-refractivity contribution in [2.75, 3.05) is 18.9 Å². The van der Waals surface area contributed by atoms with Crippen molar-refractivity contribution in [3.05, 3.63) is 41.7 Å². The summed E-state index contributed by atoms with van der Waals surface area (Å²) < 4.78 is 1.84. The van der Waals surface area contributed by atoms with Crippen molar-refractivity contribution in [3.63, 3.8) is 0 Å². The molecule has 0 unspecified atom stereocenters. The van der Waals surface area contributed by atoms with Gasteiger partial charge < -0.3 is 10.6 Å². The van der Waals surface area contributed by atoms with E-state index in [2.05, 4.69) is 15.7 Å². The first-order chi connectivity index (χ1) is 9.13. The Morgan fingerprint density at radius 1 is 1.26 bits per heavy atom. The van der Waals surface area contributed by atoms with E-state index in [4.69, 9.17) is 0 Å². The van der Waals surface area contributed by atoms with E-state index in [1.165, 1.54) is 0 Å². The van der Waals surface area contributed by atoms with Crippen LogP contribution in [-0.4, -0.2) is 29.3 Å². The van der Waals surface area contributed by atoms with Crippen molar-refractivity contribution in [2.24, 2.45) is 0 Å². The molecule has 2 N–H and O–H groups in total. The van der Waals surface area contributed by atoms with Gasteiger partial charge in [0.1, 0.15) is 0 Å². The number of hydrogen-bond acceptors (Lipinski definition) is 3. The smallest absolute Gasteiger partial charge is 0.238 e. The maximum absolute atomic E-state index is 11.7. The van der Waals surface area contributed by atoms with Crippen molar-refractivity contribution in [1.82, 2.24) is 15.1 Å². The molecule has 0 bridgehead atoms. The van der Waals surface area contributed by atoms with Crippen molar-refractivity contribution in [1.29, 1.82) is 0 Å². The number of carbonyl (C=O) groups is 1. The number of para-hydroxylation sites is 1. The fraction of sp³-hybridized carbons (Fsp3) is 0.286. The number of carbonyl (C=O) groups excluding carboxylic acids is 1. The zero-order valence-electron chi connectivity index (χ0n) is 11.4. The van der Waals surface area contributed by atoms with Gasteiger partial charge in [-0.05, 0) is 33.0 Å². The van der Waals surface area contributed by atoms with Gasteiger partial charge in [-0.3, -0.25) is 4.79 Å². The van der Waals surface area contributed by atoms with Crippen LogP contribution in [-0.2, 0) is 4.79 Å². The number of aromatic nitrogens is 2. The lowest BCUT2D eigenvalue weighted by Crippen LogP contribution is -2.25. The molecule has 0 fully saturated rings. The molecule has 5 heteroatoms. The minimum absolute atomic E-state index is 0.0682. The number of hydrogen-bond donors (Lipinski definition) is 2. The van der Waals surface area contributed by atoms with Crippen molar-refractivity contribution < 1.29 is 4.79 Å². The van der Waals surface area contributed by atoms with Crippen LogP contribution in [0.2, 0.25) is 0 Å². The lowest BCUT2D eigenvalue weighted by Gasteiger charge is -2.06. The maximum Gasteiger partial charge on any atom is 0.238 e. The molecule has 2 rings (SSSR count). The average Bonchev–Trinajstić information content (AvgIpc) is 2.68. The summed E-state index contributed by atoms with van der Waals surface area (Å²) in [6.45, 7) is 4.12. The van der Waals surface area contributed by atoms with E-state index in [9.17, 15) is 4.79 Å². The van der Waals surface area contributed by atoms with Gasteiger partial charge in [-0.15, -0.1) is 0 Å². The number of amides is 1. The third kappa shape index (κ3) is 2.82. The van der Waals surface area contributed by atoms with Crippen LogP contribution >= 0.6 is 0 Å². The summed E-state index contributed by atoms with van der Waals surface area (Å²) in [5.74, 6) is -0.0682. The van der Waals surface area contributed by atoms with Crippen molar-refractivity contribution in [2.45, 2.75) is 13.8 Å². The summed E-state index contributed by atoms with van der Waals surface area (Å²) >= 11 is 0. The van der Waals surface area contributed by atoms with Gasteiger partial charge in [0.05, 0.1) is 29.3 Å². The quantitative estimate of drug-likeness (QED) is 0.876. The molecule has 0 radical (unpaired) electrons. The van der Waals surface area contributed by atoms with Gasteiger partial charge in [0.2, 0.25) is 5.91 Å². The van der Waals surface area contributed by atoms with E-state index < -0.39 is 0 Å². The standard InChI is InChI=1S/C14H18N4O/c1-10-14(16-13(19)9-15-3)11(2)18(17-10)12-7-5-4-6-8-12/h4-8,15H,9H2,1-3H3,(H,16,19). The highest BCUT2D eigenvalue weighted by Crippen LogP contribution is 2.22. The van der Waals surface area contributed by atoms with Gasteiger partial charge in [-0.1, -0.05) is 18.2 Å². The van der Waals surface area contributed by atoms with E-state index in [0.29, 0.717) is 0 Å². The molecule has 1 heterocycles. The third-order valence-corrected chi connectivity index (χ3v) is 2.89. The lowest BCUT2D eigenvalue weighted by atomic mass is 10.3. The molecule has 1 aromatic heterocycles. The first-order valence-electron chi connectivity index (χ1n) is 6.19. The summed E-state index contributed by atoms with van der Waals surface area (Å²) in [5.41, 5.74) is 3.50. The van der Waals surface area contributed by atoms with Crippen molar-refractivity contribution in [3.8, 4) is 5.69 Å². The zero-order valence-corrected chi connectivity index (χ0v) is 11.4. The number of nitrogens with zero attached hydrogens (tertiary/aromatic N) is 2. The molecular formula is C14H18N4O. The van der Waals surface area contributed by atoms with Gasteiger partial charge >= 0.3 is 0 Å². The van der Waals surface area contributed by atoms with Gasteiger partial charge in [0.25, 0.3) is 0 Å². The fourth-order valence-electron chi connectivity index (χ4n) is 1.99. The molecule has 0 spiro atoms. The van der Waals surface area contributed by atoms with E-state index >= 15 is 0 Å².